The normalized spacial score (nSPS) is 10.2. The topological polar surface area (TPSA) is 58.6 Å². The van der Waals surface area contributed by atoms with Crippen molar-refractivity contribution < 1.29 is 14.3 Å². The van der Waals surface area contributed by atoms with Gasteiger partial charge in [0, 0.05) is 18.5 Å². The van der Waals surface area contributed by atoms with E-state index in [2.05, 4.69) is 5.32 Å². The first kappa shape index (κ1) is 18.9. The molecule has 0 unspecified atom stereocenters. The maximum absolute atomic E-state index is 12.1. The van der Waals surface area contributed by atoms with E-state index >= 15 is 0 Å². The fraction of sp³-hybridized carbons (Fsp3) is 0.263. The van der Waals surface area contributed by atoms with E-state index in [9.17, 15) is 9.59 Å². The Kier molecular flexibility index (Phi) is 7.35. The third-order valence-electron chi connectivity index (χ3n) is 3.55. The lowest BCUT2D eigenvalue weighted by atomic mass is 10.2. The Bertz CT molecular complexity index is 690. The molecule has 0 spiro atoms. The van der Waals surface area contributed by atoms with Gasteiger partial charge in [0.2, 0.25) is 5.91 Å². The van der Waals surface area contributed by atoms with E-state index in [0.717, 1.165) is 5.56 Å². The van der Waals surface area contributed by atoms with Crippen molar-refractivity contribution >= 4 is 23.6 Å². The number of hydrogen-bond acceptors (Lipinski definition) is 4. The number of benzene rings is 2. The molecule has 1 N–H and O–H groups in total. The SMILES string of the molecule is CSc1ccc(CN(C)C(=O)CNC(=O)COc2ccccc2)cc1. The van der Waals surface area contributed by atoms with E-state index < -0.39 is 0 Å². The van der Waals surface area contributed by atoms with Crippen molar-refractivity contribution in [1.82, 2.24) is 10.2 Å². The Morgan fingerprint density at radius 1 is 1.08 bits per heavy atom. The summed E-state index contributed by atoms with van der Waals surface area (Å²) in [5.41, 5.74) is 1.05. The molecule has 0 saturated carbocycles. The van der Waals surface area contributed by atoms with Gasteiger partial charge in [0.05, 0.1) is 6.54 Å². The van der Waals surface area contributed by atoms with Gasteiger partial charge in [-0.25, -0.2) is 0 Å². The highest BCUT2D eigenvalue weighted by Crippen LogP contribution is 2.15. The predicted molar refractivity (Wildman–Crippen MR) is 99.6 cm³/mol. The van der Waals surface area contributed by atoms with Crippen molar-refractivity contribution in [3.8, 4) is 5.75 Å². The van der Waals surface area contributed by atoms with E-state index in [1.165, 1.54) is 4.90 Å². The van der Waals surface area contributed by atoms with Crippen LogP contribution in [0.4, 0.5) is 0 Å². The molecule has 2 amide bonds. The number of hydrogen-bond donors (Lipinski definition) is 1. The molecule has 132 valence electrons. The zero-order valence-corrected chi connectivity index (χ0v) is 15.2. The van der Waals surface area contributed by atoms with Crippen LogP contribution < -0.4 is 10.1 Å². The number of carbonyl (C=O) groups is 2. The maximum atomic E-state index is 12.1. The Balaban J connectivity index is 1.71. The second-order valence-electron chi connectivity index (χ2n) is 5.48. The van der Waals surface area contributed by atoms with E-state index in [-0.39, 0.29) is 25.0 Å². The smallest absolute Gasteiger partial charge is 0.258 e. The Morgan fingerprint density at radius 2 is 1.76 bits per heavy atom. The largest absolute Gasteiger partial charge is 0.484 e. The molecule has 25 heavy (non-hydrogen) atoms. The monoisotopic (exact) mass is 358 g/mol. The molecule has 0 aliphatic heterocycles. The predicted octanol–water partition coefficient (Wildman–Crippen LogP) is 2.56. The van der Waals surface area contributed by atoms with Gasteiger partial charge in [-0.2, -0.15) is 0 Å². The van der Waals surface area contributed by atoms with Crippen molar-refractivity contribution in [2.45, 2.75) is 11.4 Å². The van der Waals surface area contributed by atoms with E-state index in [4.69, 9.17) is 4.74 Å². The molecule has 2 aromatic rings. The van der Waals surface area contributed by atoms with E-state index in [1.54, 1.807) is 35.8 Å². The summed E-state index contributed by atoms with van der Waals surface area (Å²) in [5, 5.41) is 2.58. The number of amides is 2. The summed E-state index contributed by atoms with van der Waals surface area (Å²) >= 11 is 1.68. The third kappa shape index (κ3) is 6.51. The summed E-state index contributed by atoms with van der Waals surface area (Å²) in [5.74, 6) is 0.145. The summed E-state index contributed by atoms with van der Waals surface area (Å²) in [7, 11) is 1.72. The summed E-state index contributed by atoms with van der Waals surface area (Å²) < 4.78 is 5.34. The summed E-state index contributed by atoms with van der Waals surface area (Å²) in [4.78, 5) is 26.7. The minimum Gasteiger partial charge on any atom is -0.484 e. The van der Waals surface area contributed by atoms with Gasteiger partial charge in [0.25, 0.3) is 5.91 Å². The van der Waals surface area contributed by atoms with Crippen molar-refractivity contribution in [3.05, 3.63) is 60.2 Å². The van der Waals surface area contributed by atoms with Crippen LogP contribution in [0.5, 0.6) is 5.75 Å². The molecule has 0 saturated heterocycles. The van der Waals surface area contributed by atoms with Crippen molar-refractivity contribution in [3.63, 3.8) is 0 Å². The molecule has 0 atom stereocenters. The molecule has 0 fully saturated rings. The maximum Gasteiger partial charge on any atom is 0.258 e. The highest BCUT2D eigenvalue weighted by atomic mass is 32.2. The number of ether oxygens (including phenoxy) is 1. The van der Waals surface area contributed by atoms with Crippen LogP contribution in [0.3, 0.4) is 0 Å². The molecule has 6 heteroatoms. The van der Waals surface area contributed by atoms with E-state index in [1.807, 2.05) is 48.7 Å². The minimum atomic E-state index is -0.324. The lowest BCUT2D eigenvalue weighted by Gasteiger charge is -2.18. The molecule has 0 heterocycles. The van der Waals surface area contributed by atoms with Gasteiger partial charge in [-0.05, 0) is 36.1 Å². The molecule has 0 aliphatic carbocycles. The zero-order valence-electron chi connectivity index (χ0n) is 14.4. The summed E-state index contributed by atoms with van der Waals surface area (Å²) in [6, 6.07) is 17.1. The van der Waals surface area contributed by atoms with Crippen LogP contribution in [-0.4, -0.2) is 43.2 Å². The number of rotatable bonds is 8. The molecular weight excluding hydrogens is 336 g/mol. The fourth-order valence-corrected chi connectivity index (χ4v) is 2.53. The van der Waals surface area contributed by atoms with Crippen molar-refractivity contribution in [1.29, 1.82) is 0 Å². The van der Waals surface area contributed by atoms with Crippen LogP contribution in [0.25, 0.3) is 0 Å². The Morgan fingerprint density at radius 3 is 2.40 bits per heavy atom. The number of likely N-dealkylation sites (N-methyl/N-ethyl adjacent to an activating group) is 1. The molecule has 0 aromatic heterocycles. The Labute approximate surface area is 152 Å². The molecule has 0 aliphatic rings. The first-order valence-corrected chi connectivity index (χ1v) is 9.12. The average Bonchev–Trinajstić information content (AvgIpc) is 2.65. The quantitative estimate of drug-likeness (QED) is 0.737. The second kappa shape index (κ2) is 9.74. The lowest BCUT2D eigenvalue weighted by molar-refractivity contribution is -0.132. The van der Waals surface area contributed by atoms with Crippen LogP contribution in [0.1, 0.15) is 5.56 Å². The van der Waals surface area contributed by atoms with Gasteiger partial charge in [-0.15, -0.1) is 11.8 Å². The van der Waals surface area contributed by atoms with Crippen molar-refractivity contribution in [2.75, 3.05) is 26.5 Å². The zero-order chi connectivity index (χ0) is 18.1. The van der Waals surface area contributed by atoms with Gasteiger partial charge in [-0.3, -0.25) is 9.59 Å². The molecule has 5 nitrogen and oxygen atoms in total. The second-order valence-corrected chi connectivity index (χ2v) is 6.36. The van der Waals surface area contributed by atoms with Crippen LogP contribution in [0.15, 0.2) is 59.5 Å². The number of para-hydroxylation sites is 1. The molecular formula is C19H22N2O3S. The first-order valence-electron chi connectivity index (χ1n) is 7.90. The highest BCUT2D eigenvalue weighted by molar-refractivity contribution is 7.98. The van der Waals surface area contributed by atoms with Crippen LogP contribution in [0, 0.1) is 0 Å². The van der Waals surface area contributed by atoms with Gasteiger partial charge in [0.15, 0.2) is 6.61 Å². The van der Waals surface area contributed by atoms with Gasteiger partial charge < -0.3 is 15.0 Å². The average molecular weight is 358 g/mol. The lowest BCUT2D eigenvalue weighted by Crippen LogP contribution is -2.39. The minimum absolute atomic E-state index is 0.0453. The number of carbonyl (C=O) groups excluding carboxylic acids is 2. The van der Waals surface area contributed by atoms with E-state index in [0.29, 0.717) is 12.3 Å². The summed E-state index contributed by atoms with van der Waals surface area (Å²) in [6.07, 6.45) is 2.02. The van der Waals surface area contributed by atoms with Crippen LogP contribution >= 0.6 is 11.8 Å². The molecule has 2 aromatic carbocycles. The van der Waals surface area contributed by atoms with Gasteiger partial charge >= 0.3 is 0 Å². The summed E-state index contributed by atoms with van der Waals surface area (Å²) in [6.45, 7) is 0.345. The standard InChI is InChI=1S/C19H22N2O3S/c1-21(13-15-8-10-17(25-2)11-9-15)19(23)12-20-18(22)14-24-16-6-4-3-5-7-16/h3-11H,12-14H2,1-2H3,(H,20,22). The molecule has 0 radical (unpaired) electrons. The highest BCUT2D eigenvalue weighted by Gasteiger charge is 2.11. The fourth-order valence-electron chi connectivity index (χ4n) is 2.12. The van der Waals surface area contributed by atoms with Crippen LogP contribution in [0.2, 0.25) is 0 Å². The van der Waals surface area contributed by atoms with Gasteiger partial charge in [-0.1, -0.05) is 30.3 Å². The number of nitrogens with zero attached hydrogens (tertiary/aromatic N) is 1. The Hall–Kier alpha value is -2.47. The third-order valence-corrected chi connectivity index (χ3v) is 4.30. The number of thioether (sulfide) groups is 1. The van der Waals surface area contributed by atoms with Crippen LogP contribution in [-0.2, 0) is 16.1 Å². The molecule has 2 rings (SSSR count). The first-order chi connectivity index (χ1) is 12.1. The molecule has 0 bridgehead atoms. The van der Waals surface area contributed by atoms with Gasteiger partial charge in [0.1, 0.15) is 5.75 Å². The van der Waals surface area contributed by atoms with Crippen molar-refractivity contribution in [2.24, 2.45) is 0 Å². The number of nitrogens with one attached hydrogen (secondary N) is 1.